The smallest absolute Gasteiger partial charge is 0.328 e. The summed E-state index contributed by atoms with van der Waals surface area (Å²) in [6.07, 6.45) is 2.95. The number of carboxylic acids is 2. The van der Waals surface area contributed by atoms with Gasteiger partial charge >= 0.3 is 17.9 Å². The fourth-order valence-electron chi connectivity index (χ4n) is 4.88. The van der Waals surface area contributed by atoms with Crippen LogP contribution in [0.1, 0.15) is 40.0 Å². The minimum Gasteiger partial charge on any atom is -0.585 e. The Labute approximate surface area is 341 Å². The Morgan fingerprint density at radius 2 is 1.32 bits per heavy atom. The van der Waals surface area contributed by atoms with Crippen molar-refractivity contribution in [2.24, 2.45) is 0 Å². The third kappa shape index (κ3) is 19.5. The van der Waals surface area contributed by atoms with Crippen molar-refractivity contribution in [3.05, 3.63) is 126 Å². The van der Waals surface area contributed by atoms with E-state index in [1.165, 1.54) is 36.0 Å². The van der Waals surface area contributed by atoms with Gasteiger partial charge in [0.1, 0.15) is 11.9 Å². The zero-order valence-corrected chi connectivity index (χ0v) is 34.0. The predicted molar refractivity (Wildman–Crippen MR) is 213 cm³/mol. The van der Waals surface area contributed by atoms with Crippen molar-refractivity contribution in [3.8, 4) is 0 Å². The summed E-state index contributed by atoms with van der Waals surface area (Å²) in [5.41, 5.74) is 2.98. The van der Waals surface area contributed by atoms with Crippen molar-refractivity contribution in [1.29, 1.82) is 0 Å². The van der Waals surface area contributed by atoms with Gasteiger partial charge in [-0.15, -0.1) is 0 Å². The van der Waals surface area contributed by atoms with Gasteiger partial charge in [0.25, 0.3) is 11.8 Å². The predicted octanol–water partition coefficient (Wildman–Crippen LogP) is 3.26. The van der Waals surface area contributed by atoms with Crippen molar-refractivity contribution in [1.82, 2.24) is 20.5 Å². The number of aliphatic carboxylic acids is 2. The summed E-state index contributed by atoms with van der Waals surface area (Å²) >= 11 is 0. The molecule has 2 amide bonds. The molecule has 4 rings (SSSR count). The molecule has 1 atom stereocenters. The summed E-state index contributed by atoms with van der Waals surface area (Å²) < 4.78 is 4.76. The fourth-order valence-corrected chi connectivity index (χ4v) is 6.60. The number of benzene rings is 3. The zero-order chi connectivity index (χ0) is 40.4. The second-order valence-electron chi connectivity index (χ2n) is 11.8. The van der Waals surface area contributed by atoms with Crippen molar-refractivity contribution in [2.45, 2.75) is 25.3 Å². The number of carboxylic acid groups (broad SMARTS) is 2. The second kappa shape index (κ2) is 28.3. The molecule has 0 aliphatic carbocycles. The van der Waals surface area contributed by atoms with Crippen LogP contribution in [0.5, 0.6) is 0 Å². The number of esters is 1. The summed E-state index contributed by atoms with van der Waals surface area (Å²) in [6, 6.07) is 32.6. The van der Waals surface area contributed by atoms with Gasteiger partial charge < -0.3 is 42.0 Å². The first-order valence-corrected chi connectivity index (χ1v) is 19.3. The van der Waals surface area contributed by atoms with Gasteiger partial charge in [0.05, 0.1) is 57.6 Å². The number of carbonyl (C=O) groups excluding carboxylic acids is 3. The summed E-state index contributed by atoms with van der Waals surface area (Å²) in [5.74, 6) is 3.95. The molecule has 0 aliphatic heterocycles. The van der Waals surface area contributed by atoms with Gasteiger partial charge in [0.15, 0.2) is 0 Å². The molecule has 0 bridgehead atoms. The largest absolute Gasteiger partial charge is 0.585 e. The summed E-state index contributed by atoms with van der Waals surface area (Å²) in [5, 5.41) is 33.5. The Balaban J connectivity index is 0.000000481. The maximum absolute atomic E-state index is 12.3. The van der Waals surface area contributed by atoms with Gasteiger partial charge in [-0.1, -0.05) is 54.6 Å². The molecule has 1 unspecified atom stereocenters. The first-order valence-electron chi connectivity index (χ1n) is 17.3. The van der Waals surface area contributed by atoms with Crippen LogP contribution in [0.4, 0.5) is 5.82 Å². The number of ether oxygens (including phenoxy) is 1. The van der Waals surface area contributed by atoms with Crippen LogP contribution in [-0.4, -0.2) is 108 Å². The molecule has 0 aliphatic rings. The van der Waals surface area contributed by atoms with E-state index < -0.39 is 37.8 Å². The summed E-state index contributed by atoms with van der Waals surface area (Å²) in [6.45, 7) is 1.87. The van der Waals surface area contributed by atoms with Crippen LogP contribution in [0.3, 0.4) is 0 Å². The van der Waals surface area contributed by atoms with Gasteiger partial charge in [0.2, 0.25) is 0 Å². The maximum atomic E-state index is 12.3. The number of nitrogens with zero attached hydrogens (tertiary/aromatic N) is 2. The van der Waals surface area contributed by atoms with Crippen molar-refractivity contribution in [3.63, 3.8) is 0 Å². The number of methoxy groups -OCH3 is 1. The summed E-state index contributed by atoms with van der Waals surface area (Å²) in [7, 11) is 0.717. The van der Waals surface area contributed by atoms with Crippen LogP contribution in [0.2, 0.25) is 0 Å². The zero-order valence-electron chi connectivity index (χ0n) is 31.2. The number of carbonyl (C=O) groups is 5. The topological polar surface area (TPSA) is 231 Å². The SMILES string of the molecule is COC(=O)C(CCCCNC(=O)c1ccccc1)NC(=O)c1ccc(N[NH-])nc1.C[PH+](c1ccccc1)c1ccccc1.O=C(O)CN(CCO)CC(=O)O.[Tc]. The Morgan fingerprint density at radius 1 is 0.786 bits per heavy atom. The molecule has 15 nitrogen and oxygen atoms in total. The van der Waals surface area contributed by atoms with Crippen LogP contribution >= 0.6 is 7.92 Å². The van der Waals surface area contributed by atoms with Gasteiger partial charge in [-0.2, -0.15) is 0 Å². The van der Waals surface area contributed by atoms with Crippen molar-refractivity contribution < 1.29 is 64.1 Å². The van der Waals surface area contributed by atoms with Crippen LogP contribution in [-0.2, 0) is 39.2 Å². The normalized spacial score (nSPS) is 10.6. The number of amides is 2. The van der Waals surface area contributed by atoms with Gasteiger partial charge in [-0.25, -0.2) is 9.78 Å². The molecule has 4 aromatic rings. The first kappa shape index (κ1) is 48.9. The molecule has 17 heteroatoms. The van der Waals surface area contributed by atoms with Crippen LogP contribution in [0.15, 0.2) is 109 Å². The third-order valence-corrected chi connectivity index (χ3v) is 10.1. The van der Waals surface area contributed by atoms with E-state index in [9.17, 15) is 24.0 Å². The molecular formula is C39H49N6O9PTc. The summed E-state index contributed by atoms with van der Waals surface area (Å²) in [4.78, 5) is 61.6. The number of anilines is 1. The number of rotatable bonds is 18. The number of aliphatic hydroxyl groups is 1. The molecule has 1 aromatic heterocycles. The molecule has 0 saturated heterocycles. The van der Waals surface area contributed by atoms with E-state index in [0.29, 0.717) is 37.2 Å². The molecule has 1 radical (unpaired) electrons. The van der Waals surface area contributed by atoms with E-state index in [0.717, 1.165) is 4.90 Å². The van der Waals surface area contributed by atoms with Crippen molar-refractivity contribution >= 4 is 54.1 Å². The third-order valence-electron chi connectivity index (χ3n) is 7.73. The van der Waals surface area contributed by atoms with Crippen LogP contribution < -0.4 is 26.7 Å². The van der Waals surface area contributed by atoms with E-state index in [4.69, 9.17) is 25.9 Å². The average Bonchev–Trinajstić information content (AvgIpc) is 3.20. The monoisotopic (exact) mass is 873 g/mol. The van der Waals surface area contributed by atoms with E-state index >= 15 is 0 Å². The van der Waals surface area contributed by atoms with E-state index in [1.54, 1.807) is 24.3 Å². The average molecular weight is 875 g/mol. The van der Waals surface area contributed by atoms with Gasteiger partial charge in [-0.3, -0.25) is 24.1 Å². The number of pyridine rings is 1. The number of aromatic nitrogens is 1. The molecule has 7 N–H and O–H groups in total. The van der Waals surface area contributed by atoms with Gasteiger partial charge in [-0.05, 0) is 67.8 Å². The molecular weight excluding hydrogens is 825 g/mol. The molecule has 0 fully saturated rings. The Morgan fingerprint density at radius 3 is 1.77 bits per heavy atom. The number of aliphatic hydroxyl groups excluding tert-OH is 1. The minimum atomic E-state index is -1.11. The van der Waals surface area contributed by atoms with Crippen LogP contribution in [0, 0.1) is 0 Å². The van der Waals surface area contributed by atoms with Crippen molar-refractivity contribution in [2.75, 3.05) is 52.0 Å². The Hall–Kier alpha value is -5.08. The first-order chi connectivity index (χ1) is 26.5. The number of unbranched alkanes of at least 4 members (excludes halogenated alkanes) is 1. The standard InChI is InChI=1S/C20H24N5O4.C13H13P.C6H11NO5.Tc/c1-29-20(28)16(24-19(27)15-10-11-17(25-21)23-13-15)9-5-6-12-22-18(26)14-7-3-2-4-8-14;1-14(12-8-4-2-5-9-12)13-10-6-3-7-11-13;8-2-1-7(3-5(9)10)4-6(11)12;/h2-4,7-8,10-11,13,16,21H,5-6,9,12H2,1H3,(H,22,26)(H2,23,24,25,27);2-11H,1H3;8H,1-4H2,(H,9,10)(H,11,12);/q-1;;;/p+1. The fraction of sp³-hybridized carbons (Fsp3) is 0.282. The molecule has 3 aromatic carbocycles. The van der Waals surface area contributed by atoms with E-state index in [1.807, 2.05) is 6.07 Å². The molecule has 0 spiro atoms. The molecule has 301 valence electrons. The Kier molecular flexibility index (Phi) is 24.8. The Bertz CT molecular complexity index is 1690. The molecule has 1 heterocycles. The number of nitrogens with one attached hydrogen (secondary N) is 4. The number of hydrogen-bond acceptors (Lipinski definition) is 10. The second-order valence-corrected chi connectivity index (χ2v) is 14.2. The number of hydrogen-bond donors (Lipinski definition) is 6. The van der Waals surface area contributed by atoms with E-state index in [2.05, 4.69) is 88.4 Å². The minimum absolute atomic E-state index is 0. The van der Waals surface area contributed by atoms with Crippen LogP contribution in [0.25, 0.3) is 5.84 Å². The molecule has 0 saturated carbocycles. The van der Waals surface area contributed by atoms with Gasteiger partial charge in [0, 0.05) is 45.0 Å². The van der Waals surface area contributed by atoms with E-state index in [-0.39, 0.29) is 57.8 Å². The quantitative estimate of drug-likeness (QED) is 0.0366. The maximum Gasteiger partial charge on any atom is 0.328 e. The molecule has 56 heavy (non-hydrogen) atoms.